The Labute approximate surface area is 173 Å². The molecule has 1 unspecified atom stereocenters. The number of hydrogen-bond acceptors (Lipinski definition) is 7. The number of ether oxygens (including phenoxy) is 1. The molecule has 3 heterocycles. The summed E-state index contributed by atoms with van der Waals surface area (Å²) in [7, 11) is 1.60. The van der Waals surface area contributed by atoms with Crippen LogP contribution in [0.25, 0.3) is 22.4 Å². The lowest BCUT2D eigenvalue weighted by molar-refractivity contribution is -0.121. The third-order valence-electron chi connectivity index (χ3n) is 4.82. The quantitative estimate of drug-likeness (QED) is 0.496. The summed E-state index contributed by atoms with van der Waals surface area (Å²) in [6.07, 6.45) is 5.11. The number of rotatable bonds is 7. The molecule has 0 saturated heterocycles. The number of amides is 1. The summed E-state index contributed by atoms with van der Waals surface area (Å²) in [5.41, 5.74) is 2.23. The van der Waals surface area contributed by atoms with Crippen LogP contribution < -0.4 is 10.1 Å². The van der Waals surface area contributed by atoms with E-state index in [2.05, 4.69) is 20.4 Å². The normalized spacial score (nSPS) is 12.3. The first-order valence-corrected chi connectivity index (χ1v) is 9.62. The fraction of sp³-hybridized carbons (Fsp3) is 0.273. The number of pyridine rings is 1. The molecule has 30 heavy (non-hydrogen) atoms. The molecule has 3 aromatic heterocycles. The maximum absolute atomic E-state index is 12.8. The molecule has 8 heteroatoms. The summed E-state index contributed by atoms with van der Waals surface area (Å²) in [5.74, 6) is 1.40. The van der Waals surface area contributed by atoms with Crippen LogP contribution in [0, 0.1) is 5.92 Å². The first-order valence-electron chi connectivity index (χ1n) is 9.62. The minimum absolute atomic E-state index is 0.0569. The van der Waals surface area contributed by atoms with E-state index in [-0.39, 0.29) is 18.2 Å². The van der Waals surface area contributed by atoms with Crippen LogP contribution in [0.2, 0.25) is 0 Å². The van der Waals surface area contributed by atoms with Crippen LogP contribution in [0.1, 0.15) is 31.3 Å². The first kappa shape index (κ1) is 19.6. The number of hydrogen-bond donors (Lipinski definition) is 1. The molecule has 4 rings (SSSR count). The van der Waals surface area contributed by atoms with Gasteiger partial charge in [-0.25, -0.2) is 0 Å². The molecule has 1 aromatic carbocycles. The molecule has 0 fully saturated rings. The summed E-state index contributed by atoms with van der Waals surface area (Å²) in [5, 5.41) is 7.91. The number of methoxy groups -OCH3 is 1. The third-order valence-corrected chi connectivity index (χ3v) is 4.82. The van der Waals surface area contributed by atoms with E-state index in [4.69, 9.17) is 13.7 Å². The Morgan fingerprint density at radius 2 is 2.13 bits per heavy atom. The van der Waals surface area contributed by atoms with Crippen molar-refractivity contribution in [2.75, 3.05) is 7.11 Å². The van der Waals surface area contributed by atoms with Crippen molar-refractivity contribution in [2.45, 2.75) is 26.3 Å². The number of nitrogens with zero attached hydrogens (tertiary/aromatic N) is 3. The predicted molar refractivity (Wildman–Crippen MR) is 110 cm³/mol. The van der Waals surface area contributed by atoms with Crippen LogP contribution in [-0.4, -0.2) is 28.1 Å². The average molecular weight is 406 g/mol. The third kappa shape index (κ3) is 4.03. The molecule has 0 aliphatic carbocycles. The van der Waals surface area contributed by atoms with E-state index in [1.54, 1.807) is 37.9 Å². The van der Waals surface area contributed by atoms with Gasteiger partial charge >= 0.3 is 0 Å². The highest BCUT2D eigenvalue weighted by Gasteiger charge is 2.25. The van der Waals surface area contributed by atoms with E-state index < -0.39 is 6.04 Å². The maximum Gasteiger partial charge on any atom is 0.249 e. The second kappa shape index (κ2) is 8.36. The Hall–Kier alpha value is -3.68. The fourth-order valence-corrected chi connectivity index (χ4v) is 3.21. The molecule has 154 valence electrons. The average Bonchev–Trinajstić information content (AvgIpc) is 3.39. The summed E-state index contributed by atoms with van der Waals surface area (Å²) in [6.45, 7) is 3.97. The Balaban J connectivity index is 1.50. The van der Waals surface area contributed by atoms with E-state index in [1.165, 1.54) is 0 Å². The molecule has 0 radical (unpaired) electrons. The zero-order chi connectivity index (χ0) is 21.1. The number of benzene rings is 1. The van der Waals surface area contributed by atoms with Gasteiger partial charge in [-0.05, 0) is 30.2 Å². The van der Waals surface area contributed by atoms with Crippen molar-refractivity contribution < 1.29 is 18.5 Å². The van der Waals surface area contributed by atoms with Gasteiger partial charge in [0.15, 0.2) is 0 Å². The van der Waals surface area contributed by atoms with E-state index in [9.17, 15) is 4.79 Å². The van der Waals surface area contributed by atoms with Crippen molar-refractivity contribution in [3.05, 3.63) is 60.4 Å². The minimum atomic E-state index is -0.409. The number of furan rings is 1. The number of aromatic nitrogens is 3. The van der Waals surface area contributed by atoms with Crippen molar-refractivity contribution in [1.29, 1.82) is 0 Å². The molecular weight excluding hydrogens is 384 g/mol. The Kier molecular flexibility index (Phi) is 5.47. The molecule has 0 saturated carbocycles. The Bertz CT molecular complexity index is 1150. The molecule has 0 aliphatic heterocycles. The zero-order valence-corrected chi connectivity index (χ0v) is 17.0. The lowest BCUT2D eigenvalue weighted by atomic mass is 10.0. The largest absolute Gasteiger partial charge is 0.497 e. The molecule has 1 amide bonds. The molecule has 1 N–H and O–H groups in total. The van der Waals surface area contributed by atoms with E-state index in [0.717, 1.165) is 16.5 Å². The van der Waals surface area contributed by atoms with Gasteiger partial charge in [-0.3, -0.25) is 9.78 Å². The molecule has 0 aliphatic rings. The number of fused-ring (bicyclic) bond motifs is 1. The number of nitrogens with one attached hydrogen (secondary N) is 1. The summed E-state index contributed by atoms with van der Waals surface area (Å²) >= 11 is 0. The van der Waals surface area contributed by atoms with E-state index in [1.807, 2.05) is 32.0 Å². The smallest absolute Gasteiger partial charge is 0.249 e. The molecule has 4 aromatic rings. The maximum atomic E-state index is 12.8. The van der Waals surface area contributed by atoms with Gasteiger partial charge in [0, 0.05) is 35.0 Å². The zero-order valence-electron chi connectivity index (χ0n) is 17.0. The van der Waals surface area contributed by atoms with Gasteiger partial charge in [-0.2, -0.15) is 4.98 Å². The molecule has 0 bridgehead atoms. The summed E-state index contributed by atoms with van der Waals surface area (Å²) in [6, 6.07) is 8.77. The van der Waals surface area contributed by atoms with Crippen LogP contribution in [0.15, 0.2) is 57.9 Å². The highest BCUT2D eigenvalue weighted by atomic mass is 16.5. The SMILES string of the molecule is COc1ccc2c(CC(=O)NC(c3nc(-c4cccnc4)no3)C(C)C)coc2c1. The highest BCUT2D eigenvalue weighted by Crippen LogP contribution is 2.27. The van der Waals surface area contributed by atoms with Crippen LogP contribution in [-0.2, 0) is 11.2 Å². The summed E-state index contributed by atoms with van der Waals surface area (Å²) < 4.78 is 16.2. The van der Waals surface area contributed by atoms with Gasteiger partial charge in [0.25, 0.3) is 0 Å². The highest BCUT2D eigenvalue weighted by molar-refractivity contribution is 5.88. The van der Waals surface area contributed by atoms with Gasteiger partial charge in [0.2, 0.25) is 17.6 Å². The van der Waals surface area contributed by atoms with Crippen molar-refractivity contribution in [3.63, 3.8) is 0 Å². The number of carbonyl (C=O) groups is 1. The fourth-order valence-electron chi connectivity index (χ4n) is 3.21. The van der Waals surface area contributed by atoms with Crippen LogP contribution in [0.5, 0.6) is 5.75 Å². The first-order chi connectivity index (χ1) is 14.5. The minimum Gasteiger partial charge on any atom is -0.497 e. The van der Waals surface area contributed by atoms with Crippen LogP contribution in [0.4, 0.5) is 0 Å². The number of carbonyl (C=O) groups excluding carboxylic acids is 1. The predicted octanol–water partition coefficient (Wildman–Crippen LogP) is 3.94. The topological polar surface area (TPSA) is 103 Å². The van der Waals surface area contributed by atoms with E-state index in [0.29, 0.717) is 23.0 Å². The monoisotopic (exact) mass is 406 g/mol. The lowest BCUT2D eigenvalue weighted by Gasteiger charge is -2.18. The molecule has 0 spiro atoms. The van der Waals surface area contributed by atoms with Crippen LogP contribution in [0.3, 0.4) is 0 Å². The van der Waals surface area contributed by atoms with Crippen LogP contribution >= 0.6 is 0 Å². The van der Waals surface area contributed by atoms with Gasteiger partial charge in [-0.15, -0.1) is 0 Å². The van der Waals surface area contributed by atoms with E-state index >= 15 is 0 Å². The Morgan fingerprint density at radius 3 is 2.87 bits per heavy atom. The van der Waals surface area contributed by atoms with Gasteiger partial charge in [-0.1, -0.05) is 19.0 Å². The van der Waals surface area contributed by atoms with Gasteiger partial charge in [0.05, 0.1) is 19.8 Å². The second-order valence-electron chi connectivity index (χ2n) is 7.29. The molecule has 8 nitrogen and oxygen atoms in total. The van der Waals surface area contributed by atoms with Gasteiger partial charge < -0.3 is 19.0 Å². The van der Waals surface area contributed by atoms with Crippen molar-refractivity contribution in [3.8, 4) is 17.1 Å². The van der Waals surface area contributed by atoms with Gasteiger partial charge in [0.1, 0.15) is 17.4 Å². The Morgan fingerprint density at radius 1 is 1.27 bits per heavy atom. The van der Waals surface area contributed by atoms with Crippen molar-refractivity contribution in [1.82, 2.24) is 20.4 Å². The van der Waals surface area contributed by atoms with Crippen molar-refractivity contribution >= 4 is 16.9 Å². The lowest BCUT2D eigenvalue weighted by Crippen LogP contribution is -2.33. The van der Waals surface area contributed by atoms with Crippen molar-refractivity contribution in [2.24, 2.45) is 5.92 Å². The molecule has 1 atom stereocenters. The second-order valence-corrected chi connectivity index (χ2v) is 7.29. The standard InChI is InChI=1S/C22H22N4O4/c1-13(2)20(22-25-21(26-30-22)14-5-4-8-23-11-14)24-19(27)9-15-12-29-18-10-16(28-3)6-7-17(15)18/h4-8,10-13,20H,9H2,1-3H3,(H,24,27). The summed E-state index contributed by atoms with van der Waals surface area (Å²) in [4.78, 5) is 21.3. The molecular formula is C22H22N4O4.